The topological polar surface area (TPSA) is 43.9 Å². The predicted molar refractivity (Wildman–Crippen MR) is 86.2 cm³/mol. The molecule has 0 saturated carbocycles. The van der Waals surface area contributed by atoms with E-state index in [4.69, 9.17) is 17.6 Å². The van der Waals surface area contributed by atoms with Crippen LogP contribution in [0.4, 0.5) is 0 Å². The van der Waals surface area contributed by atoms with Gasteiger partial charge in [-0.15, -0.1) is 24.7 Å². The summed E-state index contributed by atoms with van der Waals surface area (Å²) in [4.78, 5) is 4.01. The van der Waals surface area contributed by atoms with Crippen LogP contribution in [0.2, 0.25) is 0 Å². The third kappa shape index (κ3) is 14.2. The lowest BCUT2D eigenvalue weighted by Gasteiger charge is -2.26. The largest absolute Gasteiger partial charge is 0.496 e. The average molecular weight is 263 g/mol. The van der Waals surface area contributed by atoms with E-state index in [-0.39, 0.29) is 26.3 Å². The van der Waals surface area contributed by atoms with Gasteiger partial charge in [-0.25, -0.2) is 0 Å². The molecule has 0 aromatic heterocycles. The van der Waals surface area contributed by atoms with Crippen molar-refractivity contribution in [1.82, 2.24) is 0 Å². The monoisotopic (exact) mass is 263 g/mol. The first-order valence-corrected chi connectivity index (χ1v) is 5.57. The zero-order chi connectivity index (χ0) is 13.3. The minimum absolute atomic E-state index is 0. The van der Waals surface area contributed by atoms with E-state index in [0.717, 1.165) is 0 Å². The smallest absolute Gasteiger partial charge is 0.0997 e. The van der Waals surface area contributed by atoms with Crippen LogP contribution >= 0.6 is 0 Å². The highest BCUT2D eigenvalue weighted by molar-refractivity contribution is 5.96. The third-order valence-corrected chi connectivity index (χ3v) is 1.65. The summed E-state index contributed by atoms with van der Waals surface area (Å²) in [6.45, 7) is 5.74. The summed E-state index contributed by atoms with van der Waals surface area (Å²) in [6.07, 6.45) is 12.1. The molecule has 3 nitrogen and oxygen atoms in total. The number of hydrogen-bond donors (Lipinski definition) is 0. The molecule has 0 aliphatic heterocycles. The van der Waals surface area contributed by atoms with Crippen LogP contribution in [0.25, 0.3) is 5.41 Å². The normalized spacial score (nSPS) is 10.3. The summed E-state index contributed by atoms with van der Waals surface area (Å²) >= 11 is 0. The van der Waals surface area contributed by atoms with Crippen molar-refractivity contribution in [2.75, 3.05) is 0 Å². The lowest BCUT2D eigenvalue weighted by Crippen LogP contribution is -2.24. The van der Waals surface area contributed by atoms with Crippen LogP contribution in [-0.2, 0) is 4.74 Å². The van der Waals surface area contributed by atoms with Gasteiger partial charge in [0.25, 0.3) is 0 Å². The van der Waals surface area contributed by atoms with Crippen LogP contribution in [0.15, 0.2) is 4.99 Å². The molecule has 0 amide bonds. The van der Waals surface area contributed by atoms with Gasteiger partial charge in [-0.1, -0.05) is 20.7 Å². The van der Waals surface area contributed by atoms with Crippen molar-refractivity contribution in [3.05, 3.63) is 5.41 Å². The summed E-state index contributed by atoms with van der Waals surface area (Å²) in [5.74, 6) is 5.39. The molecule has 0 rings (SSSR count). The molecule has 0 bridgehead atoms. The van der Waals surface area contributed by atoms with Crippen LogP contribution in [0.3, 0.4) is 0 Å². The molecule has 0 saturated heterocycles. The van der Waals surface area contributed by atoms with Crippen molar-refractivity contribution in [2.45, 2.75) is 66.9 Å². The fourth-order valence-electron chi connectivity index (χ4n) is 1.05. The number of ether oxygens (including phenoxy) is 1. The Morgan fingerprint density at radius 3 is 2.00 bits per heavy atom. The summed E-state index contributed by atoms with van der Waals surface area (Å²) in [7, 11) is 0. The fourth-order valence-corrected chi connectivity index (χ4v) is 1.05. The van der Waals surface area contributed by atoms with Crippen LogP contribution in [0, 0.1) is 24.7 Å². The van der Waals surface area contributed by atoms with Gasteiger partial charge in [0.05, 0.1) is 11.5 Å². The Kier molecular flexibility index (Phi) is 13.4. The number of hydrogen-bond acceptors (Lipinski definition) is 1. The van der Waals surface area contributed by atoms with Gasteiger partial charge in [-0.3, -0.25) is 0 Å². The zero-order valence-corrected chi connectivity index (χ0v) is 10.8. The highest BCUT2D eigenvalue weighted by atomic mass is 16.5. The van der Waals surface area contributed by atoms with Gasteiger partial charge in [0.1, 0.15) is 0 Å². The van der Waals surface area contributed by atoms with Crippen molar-refractivity contribution >= 4 is 11.7 Å². The summed E-state index contributed by atoms with van der Waals surface area (Å²) in [6, 6.07) is 0. The van der Waals surface area contributed by atoms with E-state index >= 15 is 0 Å². The first-order chi connectivity index (χ1) is 7.89. The Labute approximate surface area is 119 Å². The molecule has 3 heteroatoms. The van der Waals surface area contributed by atoms with Crippen LogP contribution < -0.4 is 0 Å². The second-order valence-electron chi connectivity index (χ2n) is 4.54. The maximum Gasteiger partial charge on any atom is 0.0997 e. The molecule has 19 heavy (non-hydrogen) atoms. The highest BCUT2D eigenvalue weighted by Gasteiger charge is 2.11. The molecule has 0 aliphatic rings. The van der Waals surface area contributed by atoms with Crippen molar-refractivity contribution < 1.29 is 4.74 Å². The maximum absolute atomic E-state index is 9.55. The van der Waals surface area contributed by atoms with E-state index in [0.29, 0.717) is 31.6 Å². The Balaban J connectivity index is -0.00000128. The first kappa shape index (κ1) is 22.4. The molecular formula is C16H27N2O-. The molecule has 0 fully saturated rings. The fraction of sp³-hybridized carbons (Fsp3) is 0.625. The second-order valence-corrected chi connectivity index (χ2v) is 4.54. The van der Waals surface area contributed by atoms with Gasteiger partial charge in [-0.2, -0.15) is 0 Å². The highest BCUT2D eigenvalue weighted by Crippen LogP contribution is 2.11. The molecule has 0 aromatic rings. The summed E-state index contributed by atoms with van der Waals surface area (Å²) in [5, 5.41) is 9.55. The number of terminal acetylenes is 2. The van der Waals surface area contributed by atoms with E-state index in [1.807, 2.05) is 20.8 Å². The number of amidine groups is 1. The molecule has 0 N–H and O–H groups in total. The molecule has 0 heterocycles. The van der Waals surface area contributed by atoms with Crippen molar-refractivity contribution in [1.29, 1.82) is 0 Å². The van der Waals surface area contributed by atoms with E-state index in [2.05, 4.69) is 16.8 Å². The molecule has 0 radical (unpaired) electrons. The molecular weight excluding hydrogens is 236 g/mol. The first-order valence-electron chi connectivity index (χ1n) is 5.57. The SMILES string of the molecule is C.C.C#CCCC(=[N-])N=C(CCC#C)OC(C)(C)C. The minimum atomic E-state index is -0.361. The van der Waals surface area contributed by atoms with Crippen LogP contribution in [0.1, 0.15) is 61.3 Å². The molecule has 108 valence electrons. The van der Waals surface area contributed by atoms with Gasteiger partial charge in [0.15, 0.2) is 0 Å². The van der Waals surface area contributed by atoms with Gasteiger partial charge < -0.3 is 15.1 Å². The molecule has 0 spiro atoms. The van der Waals surface area contributed by atoms with Gasteiger partial charge in [-0.05, 0) is 27.2 Å². The van der Waals surface area contributed by atoms with Gasteiger partial charge >= 0.3 is 0 Å². The predicted octanol–water partition coefficient (Wildman–Crippen LogP) is 4.27. The van der Waals surface area contributed by atoms with E-state index in [1.54, 1.807) is 0 Å². The van der Waals surface area contributed by atoms with E-state index < -0.39 is 0 Å². The van der Waals surface area contributed by atoms with Crippen LogP contribution in [0.5, 0.6) is 0 Å². The molecule has 0 unspecified atom stereocenters. The maximum atomic E-state index is 9.55. The lowest BCUT2D eigenvalue weighted by molar-refractivity contribution is 0.112. The second kappa shape index (κ2) is 11.4. The van der Waals surface area contributed by atoms with Crippen molar-refractivity contribution in [2.24, 2.45) is 4.99 Å². The molecule has 0 aromatic carbocycles. The van der Waals surface area contributed by atoms with E-state index in [1.165, 1.54) is 0 Å². The molecule has 0 aliphatic carbocycles. The Morgan fingerprint density at radius 1 is 1.11 bits per heavy atom. The summed E-state index contributed by atoms with van der Waals surface area (Å²) in [5.41, 5.74) is -0.361. The standard InChI is InChI=1S/C14H19N2O.2CH4/c1-6-8-10-12(15)16-13(11-9-7-2)17-14(3,4)5;;/h1-2H,8-11H2,3-5H3;2*1H4/q-1;;. The number of rotatable bonds is 4. The minimum Gasteiger partial charge on any atom is -0.496 e. The number of aliphatic imine (C=N–C) groups is 1. The molecule has 0 atom stereocenters. The Hall–Kier alpha value is -1.74. The number of nitrogens with zero attached hydrogens (tertiary/aromatic N) is 2. The van der Waals surface area contributed by atoms with Crippen molar-refractivity contribution in [3.63, 3.8) is 0 Å². The average Bonchev–Trinajstić information content (AvgIpc) is 2.21. The van der Waals surface area contributed by atoms with Gasteiger partial charge in [0.2, 0.25) is 0 Å². The van der Waals surface area contributed by atoms with Crippen molar-refractivity contribution in [3.8, 4) is 24.7 Å². The third-order valence-electron chi connectivity index (χ3n) is 1.65. The van der Waals surface area contributed by atoms with Gasteiger partial charge in [0, 0.05) is 19.3 Å². The quantitative estimate of drug-likeness (QED) is 0.424. The Bertz CT molecular complexity index is 362. The lowest BCUT2D eigenvalue weighted by atomic mass is 10.2. The zero-order valence-electron chi connectivity index (χ0n) is 10.8. The Morgan fingerprint density at radius 2 is 1.58 bits per heavy atom. The van der Waals surface area contributed by atoms with E-state index in [9.17, 15) is 5.41 Å². The summed E-state index contributed by atoms with van der Waals surface area (Å²) < 4.78 is 5.61. The van der Waals surface area contributed by atoms with Crippen LogP contribution in [-0.4, -0.2) is 17.3 Å².